The fourth-order valence-corrected chi connectivity index (χ4v) is 2.58. The number of urea groups is 1. The molecule has 0 heterocycles. The zero-order valence-electron chi connectivity index (χ0n) is 12.1. The molecule has 0 aliphatic heterocycles. The van der Waals surface area contributed by atoms with Gasteiger partial charge in [-0.25, -0.2) is 9.18 Å². The second-order valence-corrected chi connectivity index (χ2v) is 5.44. The summed E-state index contributed by atoms with van der Waals surface area (Å²) in [5.74, 6) is -0.0834. The smallest absolute Gasteiger partial charge is 0.319 e. The number of nitrogens with one attached hydrogen (secondary N) is 2. The van der Waals surface area contributed by atoms with E-state index in [4.69, 9.17) is 4.74 Å². The van der Waals surface area contributed by atoms with Crippen molar-refractivity contribution in [3.63, 3.8) is 0 Å². The van der Waals surface area contributed by atoms with Gasteiger partial charge in [-0.1, -0.05) is 19.3 Å². The second-order valence-electron chi connectivity index (χ2n) is 5.44. The minimum absolute atomic E-state index is 0.191. The van der Waals surface area contributed by atoms with Crippen LogP contribution in [-0.4, -0.2) is 30.4 Å². The summed E-state index contributed by atoms with van der Waals surface area (Å²) in [4.78, 5) is 11.9. The van der Waals surface area contributed by atoms with Gasteiger partial charge in [-0.2, -0.15) is 0 Å². The Morgan fingerprint density at radius 3 is 2.76 bits per heavy atom. The predicted octanol–water partition coefficient (Wildman–Crippen LogP) is 2.65. The van der Waals surface area contributed by atoms with Gasteiger partial charge in [0.05, 0.1) is 18.4 Å². The van der Waals surface area contributed by atoms with Crippen LogP contribution >= 0.6 is 0 Å². The van der Waals surface area contributed by atoms with Crippen molar-refractivity contribution < 1.29 is 19.0 Å². The van der Waals surface area contributed by atoms with E-state index in [1.165, 1.54) is 25.3 Å². The molecule has 1 saturated carbocycles. The molecule has 3 N–H and O–H groups in total. The summed E-state index contributed by atoms with van der Waals surface area (Å²) in [5, 5.41) is 15.5. The predicted molar refractivity (Wildman–Crippen MR) is 78.0 cm³/mol. The summed E-state index contributed by atoms with van der Waals surface area (Å²) in [5.41, 5.74) is -0.577. The highest BCUT2D eigenvalue weighted by Crippen LogP contribution is 2.27. The summed E-state index contributed by atoms with van der Waals surface area (Å²) in [6, 6.07) is 3.40. The van der Waals surface area contributed by atoms with E-state index in [0.29, 0.717) is 18.6 Å². The number of hydrogen-bond acceptors (Lipinski definition) is 3. The topological polar surface area (TPSA) is 70.6 Å². The van der Waals surface area contributed by atoms with Crippen LogP contribution in [0, 0.1) is 5.82 Å². The lowest BCUT2D eigenvalue weighted by atomic mass is 9.85. The average Bonchev–Trinajstić information content (AvgIpc) is 2.46. The molecule has 1 aliphatic carbocycles. The van der Waals surface area contributed by atoms with Crippen molar-refractivity contribution in [3.8, 4) is 5.75 Å². The van der Waals surface area contributed by atoms with E-state index >= 15 is 0 Å². The number of anilines is 1. The lowest BCUT2D eigenvalue weighted by Crippen LogP contribution is -2.45. The monoisotopic (exact) mass is 296 g/mol. The van der Waals surface area contributed by atoms with E-state index in [2.05, 4.69) is 10.6 Å². The Balaban J connectivity index is 1.91. The van der Waals surface area contributed by atoms with Crippen molar-refractivity contribution >= 4 is 11.7 Å². The molecule has 2 amide bonds. The van der Waals surface area contributed by atoms with Crippen molar-refractivity contribution in [1.82, 2.24) is 5.32 Å². The van der Waals surface area contributed by atoms with E-state index in [1.54, 1.807) is 0 Å². The first-order chi connectivity index (χ1) is 10.0. The first-order valence-corrected chi connectivity index (χ1v) is 7.13. The number of benzene rings is 1. The van der Waals surface area contributed by atoms with Crippen LogP contribution in [0.2, 0.25) is 0 Å². The third kappa shape index (κ3) is 4.32. The molecule has 6 heteroatoms. The third-order valence-electron chi connectivity index (χ3n) is 3.77. The number of carbonyl (C=O) groups excluding carboxylic acids is 1. The lowest BCUT2D eigenvalue weighted by Gasteiger charge is -2.32. The van der Waals surface area contributed by atoms with Gasteiger partial charge in [-0.05, 0) is 25.0 Å². The summed E-state index contributed by atoms with van der Waals surface area (Å²) in [6.45, 7) is 0.191. The van der Waals surface area contributed by atoms with Crippen LogP contribution in [0.15, 0.2) is 18.2 Å². The maximum absolute atomic E-state index is 13.2. The summed E-state index contributed by atoms with van der Waals surface area (Å²) >= 11 is 0. The summed E-state index contributed by atoms with van der Waals surface area (Å²) < 4.78 is 18.3. The molecule has 2 rings (SSSR count). The normalized spacial score (nSPS) is 17.1. The summed E-state index contributed by atoms with van der Waals surface area (Å²) in [7, 11) is 1.45. The highest BCUT2D eigenvalue weighted by molar-refractivity contribution is 5.90. The molecule has 0 bridgehead atoms. The van der Waals surface area contributed by atoms with E-state index in [-0.39, 0.29) is 12.2 Å². The van der Waals surface area contributed by atoms with Crippen molar-refractivity contribution in [1.29, 1.82) is 0 Å². The first kappa shape index (κ1) is 15.6. The zero-order chi connectivity index (χ0) is 15.3. The van der Waals surface area contributed by atoms with Crippen molar-refractivity contribution in [2.75, 3.05) is 19.0 Å². The van der Waals surface area contributed by atoms with Crippen LogP contribution in [0.25, 0.3) is 0 Å². The van der Waals surface area contributed by atoms with Crippen LogP contribution in [-0.2, 0) is 0 Å². The molecular formula is C15H21FN2O3. The Kier molecular flexibility index (Phi) is 5.01. The number of rotatable bonds is 4. The highest BCUT2D eigenvalue weighted by atomic mass is 19.1. The highest BCUT2D eigenvalue weighted by Gasteiger charge is 2.29. The van der Waals surface area contributed by atoms with Gasteiger partial charge in [0.25, 0.3) is 0 Å². The number of aliphatic hydroxyl groups is 1. The summed E-state index contributed by atoms with van der Waals surface area (Å²) in [6.07, 6.45) is 4.44. The Bertz CT molecular complexity index is 502. The molecule has 0 atom stereocenters. The van der Waals surface area contributed by atoms with Gasteiger partial charge < -0.3 is 20.5 Å². The largest absolute Gasteiger partial charge is 0.495 e. The Hall–Kier alpha value is -1.82. The van der Waals surface area contributed by atoms with Crippen molar-refractivity contribution in [3.05, 3.63) is 24.0 Å². The van der Waals surface area contributed by atoms with E-state index in [9.17, 15) is 14.3 Å². The minimum Gasteiger partial charge on any atom is -0.495 e. The molecule has 0 aromatic heterocycles. The van der Waals surface area contributed by atoms with Crippen LogP contribution in [0.4, 0.5) is 14.9 Å². The van der Waals surface area contributed by atoms with Gasteiger partial charge >= 0.3 is 6.03 Å². The number of ether oxygens (including phenoxy) is 1. The van der Waals surface area contributed by atoms with Gasteiger partial charge in [-0.15, -0.1) is 0 Å². The molecule has 0 saturated heterocycles. The van der Waals surface area contributed by atoms with Crippen LogP contribution in [0.5, 0.6) is 5.75 Å². The molecule has 0 spiro atoms. The van der Waals surface area contributed by atoms with Gasteiger partial charge in [0.2, 0.25) is 0 Å². The third-order valence-corrected chi connectivity index (χ3v) is 3.77. The van der Waals surface area contributed by atoms with Gasteiger partial charge in [-0.3, -0.25) is 0 Å². The quantitative estimate of drug-likeness (QED) is 0.800. The molecule has 0 radical (unpaired) electrons. The fourth-order valence-electron chi connectivity index (χ4n) is 2.58. The van der Waals surface area contributed by atoms with Crippen molar-refractivity contribution in [2.45, 2.75) is 37.7 Å². The molecule has 21 heavy (non-hydrogen) atoms. The first-order valence-electron chi connectivity index (χ1n) is 7.13. The number of amides is 2. The van der Waals surface area contributed by atoms with Gasteiger partial charge in [0, 0.05) is 12.6 Å². The van der Waals surface area contributed by atoms with Crippen LogP contribution in [0.3, 0.4) is 0 Å². The Morgan fingerprint density at radius 2 is 2.10 bits per heavy atom. The number of hydrogen-bond donors (Lipinski definition) is 3. The second kappa shape index (κ2) is 6.76. The molecule has 1 aliphatic rings. The number of halogens is 1. The van der Waals surface area contributed by atoms with Crippen LogP contribution in [0.1, 0.15) is 32.1 Å². The van der Waals surface area contributed by atoms with Crippen molar-refractivity contribution in [2.24, 2.45) is 0 Å². The molecule has 1 aromatic rings. The SMILES string of the molecule is COc1ccc(F)cc1NC(=O)NCC1(O)CCCCC1. The zero-order valence-corrected chi connectivity index (χ0v) is 12.1. The van der Waals surface area contributed by atoms with Crippen LogP contribution < -0.4 is 15.4 Å². The maximum atomic E-state index is 13.2. The molecule has 1 aromatic carbocycles. The fraction of sp³-hybridized carbons (Fsp3) is 0.533. The Labute approximate surface area is 123 Å². The minimum atomic E-state index is -0.832. The molecule has 5 nitrogen and oxygen atoms in total. The number of methoxy groups -OCH3 is 1. The maximum Gasteiger partial charge on any atom is 0.319 e. The van der Waals surface area contributed by atoms with E-state index < -0.39 is 17.4 Å². The average molecular weight is 296 g/mol. The van der Waals surface area contributed by atoms with E-state index in [0.717, 1.165) is 19.3 Å². The van der Waals surface area contributed by atoms with Gasteiger partial charge in [0.1, 0.15) is 11.6 Å². The molecule has 1 fully saturated rings. The lowest BCUT2D eigenvalue weighted by molar-refractivity contribution is 0.00755. The van der Waals surface area contributed by atoms with Gasteiger partial charge in [0.15, 0.2) is 0 Å². The molecule has 0 unspecified atom stereocenters. The van der Waals surface area contributed by atoms with E-state index in [1.807, 2.05) is 0 Å². The molecule has 116 valence electrons. The molecular weight excluding hydrogens is 275 g/mol. The Morgan fingerprint density at radius 1 is 1.38 bits per heavy atom. The standard InChI is InChI=1S/C15H21FN2O3/c1-21-13-6-5-11(16)9-12(13)18-14(19)17-10-15(20)7-3-2-4-8-15/h5-6,9,20H,2-4,7-8,10H2,1H3,(H2,17,18,19). The number of carbonyl (C=O) groups is 1.